The number of ether oxygens (including phenoxy) is 1. The van der Waals surface area contributed by atoms with E-state index in [2.05, 4.69) is 29.4 Å². The highest BCUT2D eigenvalue weighted by atomic mass is 35.5. The van der Waals surface area contributed by atoms with E-state index in [-0.39, 0.29) is 18.3 Å². The van der Waals surface area contributed by atoms with Gasteiger partial charge >= 0.3 is 0 Å². The number of hydrogen-bond acceptors (Lipinski definition) is 6. The van der Waals surface area contributed by atoms with Gasteiger partial charge < -0.3 is 14.5 Å². The van der Waals surface area contributed by atoms with Crippen LogP contribution >= 0.6 is 23.4 Å². The molecule has 0 aliphatic heterocycles. The Bertz CT molecular complexity index is 974. The molecule has 0 fully saturated rings. The summed E-state index contributed by atoms with van der Waals surface area (Å²) in [6.45, 7) is 6.34. The van der Waals surface area contributed by atoms with Crippen LogP contribution in [-0.4, -0.2) is 21.9 Å². The van der Waals surface area contributed by atoms with Gasteiger partial charge in [-0.2, -0.15) is 0 Å². The first-order valence-electron chi connectivity index (χ1n) is 9.14. The standard InChI is InChI=1S/C21H22ClN3O3S/c1-13(2)15-4-7-17(8-5-15)27-11-20-24-25-21(28-20)29-12-19(26)23-18-9-6-16(22)10-14(18)3/h4-10,13H,11-12H2,1-3H3,(H,23,26). The lowest BCUT2D eigenvalue weighted by atomic mass is 10.0. The van der Waals surface area contributed by atoms with Crippen molar-refractivity contribution in [3.8, 4) is 5.75 Å². The molecule has 6 nitrogen and oxygen atoms in total. The minimum atomic E-state index is -0.165. The fourth-order valence-corrected chi connectivity index (χ4v) is 3.34. The minimum Gasteiger partial charge on any atom is -0.484 e. The lowest BCUT2D eigenvalue weighted by Crippen LogP contribution is -2.14. The van der Waals surface area contributed by atoms with Gasteiger partial charge in [-0.25, -0.2) is 0 Å². The molecule has 1 N–H and O–H groups in total. The van der Waals surface area contributed by atoms with Gasteiger partial charge in [0.25, 0.3) is 11.1 Å². The number of nitrogens with one attached hydrogen (secondary N) is 1. The molecule has 1 amide bonds. The molecule has 3 rings (SSSR count). The summed E-state index contributed by atoms with van der Waals surface area (Å²) in [6.07, 6.45) is 0. The molecule has 8 heteroatoms. The number of anilines is 1. The normalized spacial score (nSPS) is 10.9. The summed E-state index contributed by atoms with van der Waals surface area (Å²) in [5.74, 6) is 1.55. The molecule has 1 heterocycles. The number of halogens is 1. The summed E-state index contributed by atoms with van der Waals surface area (Å²) < 4.78 is 11.2. The molecule has 0 atom stereocenters. The van der Waals surface area contributed by atoms with E-state index in [9.17, 15) is 4.79 Å². The zero-order chi connectivity index (χ0) is 20.8. The Morgan fingerprint density at radius 1 is 1.21 bits per heavy atom. The summed E-state index contributed by atoms with van der Waals surface area (Å²) in [5.41, 5.74) is 2.87. The highest BCUT2D eigenvalue weighted by Crippen LogP contribution is 2.22. The van der Waals surface area contributed by atoms with Crippen LogP contribution in [-0.2, 0) is 11.4 Å². The Kier molecular flexibility index (Phi) is 7.17. The zero-order valence-corrected chi connectivity index (χ0v) is 18.0. The first-order chi connectivity index (χ1) is 13.9. The van der Waals surface area contributed by atoms with Crippen LogP contribution in [0.15, 0.2) is 52.1 Å². The van der Waals surface area contributed by atoms with E-state index in [4.69, 9.17) is 20.8 Å². The highest BCUT2D eigenvalue weighted by Gasteiger charge is 2.11. The van der Waals surface area contributed by atoms with E-state index in [1.54, 1.807) is 18.2 Å². The Morgan fingerprint density at radius 3 is 2.66 bits per heavy atom. The molecule has 2 aromatic carbocycles. The van der Waals surface area contributed by atoms with Crippen molar-refractivity contribution in [3.05, 3.63) is 64.5 Å². The monoisotopic (exact) mass is 431 g/mol. The molecule has 0 spiro atoms. The Labute approximate surface area is 179 Å². The lowest BCUT2D eigenvalue weighted by Gasteiger charge is -2.07. The number of carbonyl (C=O) groups is 1. The third kappa shape index (κ3) is 6.24. The third-order valence-corrected chi connectivity index (χ3v) is 5.20. The average Bonchev–Trinajstić information content (AvgIpc) is 3.15. The summed E-state index contributed by atoms with van der Waals surface area (Å²) in [6, 6.07) is 13.2. The smallest absolute Gasteiger partial charge is 0.277 e. The summed E-state index contributed by atoms with van der Waals surface area (Å²) >= 11 is 7.10. The second kappa shape index (κ2) is 9.80. The van der Waals surface area contributed by atoms with Crippen LogP contribution in [0.3, 0.4) is 0 Å². The van der Waals surface area contributed by atoms with Gasteiger partial charge in [-0.3, -0.25) is 4.79 Å². The number of aryl methyl sites for hydroxylation is 1. The largest absolute Gasteiger partial charge is 0.484 e. The van der Waals surface area contributed by atoms with Crippen LogP contribution in [0.2, 0.25) is 5.02 Å². The number of aromatic nitrogens is 2. The van der Waals surface area contributed by atoms with Gasteiger partial charge in [0.15, 0.2) is 6.61 Å². The highest BCUT2D eigenvalue weighted by molar-refractivity contribution is 7.99. The van der Waals surface area contributed by atoms with Crippen molar-refractivity contribution in [2.75, 3.05) is 11.1 Å². The topological polar surface area (TPSA) is 77.2 Å². The molecule has 0 saturated carbocycles. The number of nitrogens with zero attached hydrogens (tertiary/aromatic N) is 2. The van der Waals surface area contributed by atoms with E-state index in [1.165, 1.54) is 17.3 Å². The number of carbonyl (C=O) groups excluding carboxylic acids is 1. The van der Waals surface area contributed by atoms with Crippen molar-refractivity contribution >= 4 is 35.0 Å². The van der Waals surface area contributed by atoms with Crippen LogP contribution < -0.4 is 10.1 Å². The maximum Gasteiger partial charge on any atom is 0.277 e. The number of benzene rings is 2. The molecule has 0 aliphatic carbocycles. The van der Waals surface area contributed by atoms with Crippen LogP contribution in [0.4, 0.5) is 5.69 Å². The third-order valence-electron chi connectivity index (χ3n) is 4.15. The SMILES string of the molecule is Cc1cc(Cl)ccc1NC(=O)CSc1nnc(COc2ccc(C(C)C)cc2)o1. The zero-order valence-electron chi connectivity index (χ0n) is 16.4. The number of amides is 1. The van der Waals surface area contributed by atoms with Crippen LogP contribution in [0.5, 0.6) is 5.75 Å². The van der Waals surface area contributed by atoms with Crippen molar-refractivity contribution in [1.82, 2.24) is 10.2 Å². The predicted octanol–water partition coefficient (Wildman–Crippen LogP) is 5.46. The van der Waals surface area contributed by atoms with Crippen molar-refractivity contribution in [2.45, 2.75) is 38.5 Å². The van der Waals surface area contributed by atoms with Crippen LogP contribution in [0, 0.1) is 6.92 Å². The van der Waals surface area contributed by atoms with Crippen LogP contribution in [0.25, 0.3) is 0 Å². The fourth-order valence-electron chi connectivity index (χ4n) is 2.53. The Balaban J connectivity index is 1.46. The molecule has 0 aliphatic rings. The van der Waals surface area contributed by atoms with Gasteiger partial charge in [0.2, 0.25) is 5.91 Å². The van der Waals surface area contributed by atoms with E-state index < -0.39 is 0 Å². The van der Waals surface area contributed by atoms with Gasteiger partial charge in [-0.15, -0.1) is 10.2 Å². The van der Waals surface area contributed by atoms with Gasteiger partial charge in [-0.1, -0.05) is 49.3 Å². The Morgan fingerprint density at radius 2 is 1.97 bits per heavy atom. The second-order valence-corrected chi connectivity index (χ2v) is 8.13. The van der Waals surface area contributed by atoms with E-state index in [0.29, 0.717) is 22.1 Å². The summed E-state index contributed by atoms with van der Waals surface area (Å²) in [5, 5.41) is 11.7. The molecular formula is C21H22ClN3O3S. The van der Waals surface area contributed by atoms with Crippen molar-refractivity contribution in [1.29, 1.82) is 0 Å². The van der Waals surface area contributed by atoms with Crippen LogP contribution in [0.1, 0.15) is 36.8 Å². The van der Waals surface area contributed by atoms with Gasteiger partial charge in [0.05, 0.1) is 5.75 Å². The summed E-state index contributed by atoms with van der Waals surface area (Å²) in [7, 11) is 0. The van der Waals surface area contributed by atoms with E-state index in [0.717, 1.165) is 17.0 Å². The predicted molar refractivity (Wildman–Crippen MR) is 115 cm³/mol. The van der Waals surface area contributed by atoms with E-state index in [1.807, 2.05) is 31.2 Å². The number of rotatable bonds is 8. The summed E-state index contributed by atoms with van der Waals surface area (Å²) in [4.78, 5) is 12.1. The molecule has 0 unspecified atom stereocenters. The van der Waals surface area contributed by atoms with E-state index >= 15 is 0 Å². The van der Waals surface area contributed by atoms with Crippen molar-refractivity contribution in [3.63, 3.8) is 0 Å². The number of hydrogen-bond donors (Lipinski definition) is 1. The van der Waals surface area contributed by atoms with Gasteiger partial charge in [0, 0.05) is 10.7 Å². The molecule has 152 valence electrons. The quantitative estimate of drug-likeness (QED) is 0.477. The lowest BCUT2D eigenvalue weighted by molar-refractivity contribution is -0.113. The maximum absolute atomic E-state index is 12.1. The number of thioether (sulfide) groups is 1. The van der Waals surface area contributed by atoms with Crippen molar-refractivity contribution < 1.29 is 13.9 Å². The molecule has 0 radical (unpaired) electrons. The first-order valence-corrected chi connectivity index (χ1v) is 10.5. The van der Waals surface area contributed by atoms with Gasteiger partial charge in [-0.05, 0) is 54.3 Å². The minimum absolute atomic E-state index is 0.154. The molecule has 0 saturated heterocycles. The average molecular weight is 432 g/mol. The second-order valence-electron chi connectivity index (χ2n) is 6.77. The molecule has 3 aromatic rings. The maximum atomic E-state index is 12.1. The molecular weight excluding hydrogens is 410 g/mol. The first kappa shape index (κ1) is 21.2. The fraction of sp³-hybridized carbons (Fsp3) is 0.286. The molecule has 0 bridgehead atoms. The molecule has 29 heavy (non-hydrogen) atoms. The Hall–Kier alpha value is -2.51. The van der Waals surface area contributed by atoms with Gasteiger partial charge in [0.1, 0.15) is 5.75 Å². The van der Waals surface area contributed by atoms with Crippen molar-refractivity contribution in [2.24, 2.45) is 0 Å². The molecule has 1 aromatic heterocycles.